The Hall–Kier alpha value is -3.91. The molecule has 3 aromatic carbocycles. The third-order valence-electron chi connectivity index (χ3n) is 5.76. The lowest BCUT2D eigenvalue weighted by Gasteiger charge is -2.23. The summed E-state index contributed by atoms with van der Waals surface area (Å²) in [7, 11) is -3.50. The van der Waals surface area contributed by atoms with Crippen molar-refractivity contribution in [2.75, 3.05) is 10.6 Å². The van der Waals surface area contributed by atoms with Crippen LogP contribution in [0, 0.1) is 13.8 Å². The van der Waals surface area contributed by atoms with Gasteiger partial charge in [-0.2, -0.15) is 0 Å². The van der Waals surface area contributed by atoms with Gasteiger partial charge in [-0.05, 0) is 61.4 Å². The minimum absolute atomic E-state index is 0.221. The number of carbonyl (C=O) groups excluding carboxylic acids is 1. The van der Waals surface area contributed by atoms with Crippen LogP contribution in [0.1, 0.15) is 32.9 Å². The molecule has 0 radical (unpaired) electrons. The Morgan fingerprint density at radius 3 is 2.11 bits per heavy atom. The van der Waals surface area contributed by atoms with Crippen molar-refractivity contribution in [3.63, 3.8) is 0 Å². The van der Waals surface area contributed by atoms with Crippen LogP contribution in [-0.2, 0) is 23.1 Å². The first-order valence-electron chi connectivity index (χ1n) is 11.2. The number of amides is 1. The Morgan fingerprint density at radius 2 is 1.54 bits per heavy atom. The number of carbonyl (C=O) groups is 1. The number of nitrogens with one attached hydrogen (secondary N) is 1. The highest BCUT2D eigenvalue weighted by Gasteiger charge is 2.18. The van der Waals surface area contributed by atoms with Crippen LogP contribution in [0.4, 0.5) is 5.69 Å². The van der Waals surface area contributed by atoms with E-state index >= 15 is 0 Å². The van der Waals surface area contributed by atoms with Crippen LogP contribution >= 0.6 is 0 Å². The molecule has 0 saturated carbocycles. The molecular weight excluding hydrogens is 460 g/mol. The zero-order chi connectivity index (χ0) is 25.0. The zero-order valence-corrected chi connectivity index (χ0v) is 20.8. The number of rotatable bonds is 8. The molecule has 4 aromatic rings. The Bertz CT molecular complexity index is 1410. The highest BCUT2D eigenvalue weighted by molar-refractivity contribution is 7.92. The molecule has 0 aliphatic rings. The highest BCUT2D eigenvalue weighted by atomic mass is 32.2. The van der Waals surface area contributed by atoms with Crippen LogP contribution in [0.5, 0.6) is 0 Å². The second-order valence-electron chi connectivity index (χ2n) is 8.50. The molecule has 0 atom stereocenters. The summed E-state index contributed by atoms with van der Waals surface area (Å²) in [6.45, 7) is 4.53. The molecule has 0 aliphatic carbocycles. The van der Waals surface area contributed by atoms with Crippen molar-refractivity contribution in [1.29, 1.82) is 0 Å². The van der Waals surface area contributed by atoms with Gasteiger partial charge in [0.15, 0.2) is 0 Å². The standard InChI is InChI=1S/C27H28N4O3S/c1-20-4-6-23(7-5-20)19-31(35(3,33)34)26-14-10-24(11-15-26)27(32)29-18-22-8-12-25(13-9-22)30-17-16-28-21(30)2/h4-17H,18-19H2,1-3H3,(H,29,32). The molecular formula is C27H28N4O3S. The summed E-state index contributed by atoms with van der Waals surface area (Å²) in [6.07, 6.45) is 4.84. The van der Waals surface area contributed by atoms with Crippen molar-refractivity contribution in [2.45, 2.75) is 26.9 Å². The number of aryl methyl sites for hydroxylation is 2. The summed E-state index contributed by atoms with van der Waals surface area (Å²) in [4.78, 5) is 16.9. The van der Waals surface area contributed by atoms with E-state index in [0.29, 0.717) is 17.8 Å². The van der Waals surface area contributed by atoms with Gasteiger partial charge >= 0.3 is 0 Å². The van der Waals surface area contributed by atoms with Crippen molar-refractivity contribution >= 4 is 21.6 Å². The number of hydrogen-bond acceptors (Lipinski definition) is 4. The lowest BCUT2D eigenvalue weighted by Crippen LogP contribution is -2.29. The average molecular weight is 489 g/mol. The number of anilines is 1. The van der Waals surface area contributed by atoms with Crippen LogP contribution in [0.15, 0.2) is 85.2 Å². The van der Waals surface area contributed by atoms with Crippen molar-refractivity contribution in [3.8, 4) is 5.69 Å². The normalized spacial score (nSPS) is 11.3. The fourth-order valence-electron chi connectivity index (χ4n) is 3.75. The number of imidazole rings is 1. The molecule has 180 valence electrons. The molecule has 35 heavy (non-hydrogen) atoms. The van der Waals surface area contributed by atoms with Crippen molar-refractivity contribution in [1.82, 2.24) is 14.9 Å². The predicted molar refractivity (Wildman–Crippen MR) is 138 cm³/mol. The summed E-state index contributed by atoms with van der Waals surface area (Å²) in [5, 5.41) is 2.91. The van der Waals surface area contributed by atoms with Gasteiger partial charge in [-0.15, -0.1) is 0 Å². The molecule has 7 nitrogen and oxygen atoms in total. The molecule has 1 heterocycles. The first-order valence-corrected chi connectivity index (χ1v) is 13.1. The maximum Gasteiger partial charge on any atom is 0.251 e. The van der Waals surface area contributed by atoms with Crippen LogP contribution in [0.25, 0.3) is 5.69 Å². The molecule has 1 aromatic heterocycles. The molecule has 0 saturated heterocycles. The van der Waals surface area contributed by atoms with E-state index in [2.05, 4.69) is 10.3 Å². The smallest absolute Gasteiger partial charge is 0.251 e. The van der Waals surface area contributed by atoms with Crippen molar-refractivity contribution < 1.29 is 13.2 Å². The topological polar surface area (TPSA) is 84.3 Å². The maximum absolute atomic E-state index is 12.7. The number of benzene rings is 3. The third kappa shape index (κ3) is 5.96. The largest absolute Gasteiger partial charge is 0.348 e. The van der Waals surface area contributed by atoms with Gasteiger partial charge in [0, 0.05) is 30.2 Å². The quantitative estimate of drug-likeness (QED) is 0.399. The molecule has 1 amide bonds. The Morgan fingerprint density at radius 1 is 0.914 bits per heavy atom. The number of aromatic nitrogens is 2. The summed E-state index contributed by atoms with van der Waals surface area (Å²) in [5.74, 6) is 0.679. The Kier molecular flexibility index (Phi) is 7.02. The molecule has 1 N–H and O–H groups in total. The lowest BCUT2D eigenvalue weighted by atomic mass is 10.1. The second-order valence-corrected chi connectivity index (χ2v) is 10.4. The van der Waals surface area contributed by atoms with Crippen molar-refractivity contribution in [3.05, 3.63) is 113 Å². The summed E-state index contributed by atoms with van der Waals surface area (Å²) in [5.41, 5.74) is 4.94. The van der Waals surface area contributed by atoms with E-state index < -0.39 is 10.0 Å². The summed E-state index contributed by atoms with van der Waals surface area (Å²) < 4.78 is 28.2. The molecule has 8 heteroatoms. The predicted octanol–water partition coefficient (Wildman–Crippen LogP) is 4.39. The molecule has 0 fully saturated rings. The van der Waals surface area contributed by atoms with Gasteiger partial charge in [0.1, 0.15) is 5.82 Å². The summed E-state index contributed by atoms with van der Waals surface area (Å²) in [6, 6.07) is 22.2. The Labute approximate surface area is 206 Å². The molecule has 4 rings (SSSR count). The van der Waals surface area contributed by atoms with E-state index in [4.69, 9.17) is 0 Å². The van der Waals surface area contributed by atoms with Gasteiger partial charge in [-0.25, -0.2) is 13.4 Å². The van der Waals surface area contributed by atoms with Gasteiger partial charge < -0.3 is 9.88 Å². The van der Waals surface area contributed by atoms with Gasteiger partial charge in [0.25, 0.3) is 5.91 Å². The number of hydrogen-bond donors (Lipinski definition) is 1. The minimum atomic E-state index is -3.50. The number of sulfonamides is 1. The van der Waals surface area contributed by atoms with Gasteiger partial charge in [-0.1, -0.05) is 42.0 Å². The first-order chi connectivity index (χ1) is 16.7. The van der Waals surface area contributed by atoms with Crippen LogP contribution in [-0.4, -0.2) is 30.1 Å². The highest BCUT2D eigenvalue weighted by Crippen LogP contribution is 2.22. The molecule has 0 bridgehead atoms. The van der Waals surface area contributed by atoms with E-state index in [-0.39, 0.29) is 12.5 Å². The lowest BCUT2D eigenvalue weighted by molar-refractivity contribution is 0.0951. The third-order valence-corrected chi connectivity index (χ3v) is 6.90. The van der Waals surface area contributed by atoms with Crippen molar-refractivity contribution in [2.24, 2.45) is 0 Å². The number of nitrogens with zero attached hydrogens (tertiary/aromatic N) is 3. The van der Waals surface area contributed by atoms with E-state index in [1.54, 1.807) is 30.5 Å². The van der Waals surface area contributed by atoms with Crippen LogP contribution in [0.2, 0.25) is 0 Å². The SMILES string of the molecule is Cc1ccc(CN(c2ccc(C(=O)NCc3ccc(-n4ccnc4C)cc3)cc2)S(C)(=O)=O)cc1. The first kappa shape index (κ1) is 24.2. The van der Waals surface area contributed by atoms with Gasteiger partial charge in [0.05, 0.1) is 18.5 Å². The molecule has 0 unspecified atom stereocenters. The van der Waals surface area contributed by atoms with Gasteiger partial charge in [-0.3, -0.25) is 9.10 Å². The van der Waals surface area contributed by atoms with E-state index in [9.17, 15) is 13.2 Å². The monoisotopic (exact) mass is 488 g/mol. The van der Waals surface area contributed by atoms with Crippen LogP contribution in [0.3, 0.4) is 0 Å². The fraction of sp³-hybridized carbons (Fsp3) is 0.185. The van der Waals surface area contributed by atoms with E-state index in [0.717, 1.165) is 28.2 Å². The molecule has 0 aliphatic heterocycles. The van der Waals surface area contributed by atoms with Gasteiger partial charge in [0.2, 0.25) is 10.0 Å². The second kappa shape index (κ2) is 10.1. The van der Waals surface area contributed by atoms with Crippen LogP contribution < -0.4 is 9.62 Å². The molecule has 0 spiro atoms. The van der Waals surface area contributed by atoms with E-state index in [1.165, 1.54) is 10.6 Å². The zero-order valence-electron chi connectivity index (χ0n) is 20.0. The van der Waals surface area contributed by atoms with E-state index in [1.807, 2.05) is 73.1 Å². The average Bonchev–Trinajstić information content (AvgIpc) is 3.27. The fourth-order valence-corrected chi connectivity index (χ4v) is 4.64. The summed E-state index contributed by atoms with van der Waals surface area (Å²) >= 11 is 0. The maximum atomic E-state index is 12.7. The minimum Gasteiger partial charge on any atom is -0.348 e. The Balaban J connectivity index is 1.41.